The molecule has 0 saturated heterocycles. The minimum Gasteiger partial charge on any atom is -0.449 e. The van der Waals surface area contributed by atoms with Crippen molar-refractivity contribution in [2.24, 2.45) is 0 Å². The molecule has 0 aliphatic carbocycles. The van der Waals surface area contributed by atoms with Crippen molar-refractivity contribution in [3.63, 3.8) is 0 Å². The van der Waals surface area contributed by atoms with E-state index in [1.54, 1.807) is 25.1 Å². The third kappa shape index (κ3) is 4.64. The number of hydrogen-bond donors (Lipinski definition) is 1. The predicted molar refractivity (Wildman–Crippen MR) is 77.3 cm³/mol. The molecule has 0 radical (unpaired) electrons. The van der Waals surface area contributed by atoms with Gasteiger partial charge in [0, 0.05) is 9.61 Å². The predicted octanol–water partition coefficient (Wildman–Crippen LogP) is 2.36. The molecule has 0 aliphatic rings. The molecule has 1 aromatic carbocycles. The lowest BCUT2D eigenvalue weighted by atomic mass is 10.2. The number of esters is 1. The van der Waals surface area contributed by atoms with Crippen LogP contribution in [-0.2, 0) is 9.53 Å². The highest BCUT2D eigenvalue weighted by Gasteiger charge is 2.19. The summed E-state index contributed by atoms with van der Waals surface area (Å²) in [4.78, 5) is 23.4. The summed E-state index contributed by atoms with van der Waals surface area (Å²) in [6.45, 7) is 5.27. The number of halogens is 1. The van der Waals surface area contributed by atoms with Gasteiger partial charge >= 0.3 is 5.97 Å². The summed E-state index contributed by atoms with van der Waals surface area (Å²) >= 11 is 2.11. The summed E-state index contributed by atoms with van der Waals surface area (Å²) in [5, 5.41) is 2.69. The first-order valence-electron chi connectivity index (χ1n) is 5.67. The van der Waals surface area contributed by atoms with E-state index in [0.29, 0.717) is 5.56 Å². The molecule has 18 heavy (non-hydrogen) atoms. The van der Waals surface area contributed by atoms with Gasteiger partial charge in [-0.2, -0.15) is 0 Å². The minimum absolute atomic E-state index is 0.0244. The van der Waals surface area contributed by atoms with E-state index in [1.165, 1.54) is 0 Å². The molecular weight excluding hydrogens is 345 g/mol. The summed E-state index contributed by atoms with van der Waals surface area (Å²) < 4.78 is 6.05. The second kappa shape index (κ2) is 6.72. The Morgan fingerprint density at radius 1 is 1.28 bits per heavy atom. The fourth-order valence-electron chi connectivity index (χ4n) is 1.30. The topological polar surface area (TPSA) is 55.4 Å². The Hall–Kier alpha value is -1.11. The Morgan fingerprint density at radius 3 is 2.50 bits per heavy atom. The van der Waals surface area contributed by atoms with Gasteiger partial charge in [0.15, 0.2) is 6.10 Å². The minimum atomic E-state index is -0.794. The van der Waals surface area contributed by atoms with Gasteiger partial charge in [-0.05, 0) is 61.6 Å². The van der Waals surface area contributed by atoms with Crippen LogP contribution in [0.15, 0.2) is 24.3 Å². The van der Waals surface area contributed by atoms with Gasteiger partial charge in [0.1, 0.15) is 0 Å². The van der Waals surface area contributed by atoms with Crippen molar-refractivity contribution in [3.8, 4) is 0 Å². The zero-order valence-corrected chi connectivity index (χ0v) is 12.7. The quantitative estimate of drug-likeness (QED) is 0.662. The molecule has 1 rings (SSSR count). The normalized spacial score (nSPS) is 12.1. The number of nitrogens with one attached hydrogen (secondary N) is 1. The molecular formula is C13H16INO3. The van der Waals surface area contributed by atoms with E-state index in [-0.39, 0.29) is 11.9 Å². The van der Waals surface area contributed by atoms with E-state index in [4.69, 9.17) is 4.74 Å². The maximum atomic E-state index is 11.8. The van der Waals surface area contributed by atoms with Crippen molar-refractivity contribution < 1.29 is 14.3 Å². The van der Waals surface area contributed by atoms with Crippen LogP contribution in [0.2, 0.25) is 0 Å². The van der Waals surface area contributed by atoms with Crippen LogP contribution in [0.5, 0.6) is 0 Å². The molecule has 4 nitrogen and oxygen atoms in total. The summed E-state index contributed by atoms with van der Waals surface area (Å²) in [7, 11) is 0. The van der Waals surface area contributed by atoms with Crippen LogP contribution in [0, 0.1) is 3.57 Å². The first-order valence-corrected chi connectivity index (χ1v) is 6.75. The maximum Gasteiger partial charge on any atom is 0.338 e. The van der Waals surface area contributed by atoms with E-state index >= 15 is 0 Å². The van der Waals surface area contributed by atoms with Crippen molar-refractivity contribution in [3.05, 3.63) is 33.4 Å². The summed E-state index contributed by atoms with van der Waals surface area (Å²) in [6, 6.07) is 7.06. The standard InChI is InChI=1S/C13H16INO3/c1-8(2)15-12(16)9(3)18-13(17)10-5-4-6-11(14)7-10/h4-9H,1-3H3,(H,15,16). The number of carbonyl (C=O) groups is 2. The lowest BCUT2D eigenvalue weighted by Crippen LogP contribution is -2.39. The highest BCUT2D eigenvalue weighted by Crippen LogP contribution is 2.10. The second-order valence-corrected chi connectivity index (χ2v) is 5.47. The van der Waals surface area contributed by atoms with Gasteiger partial charge in [-0.15, -0.1) is 0 Å². The SMILES string of the molecule is CC(C)NC(=O)C(C)OC(=O)c1cccc(I)c1. The average Bonchev–Trinajstić information content (AvgIpc) is 2.27. The molecule has 98 valence electrons. The van der Waals surface area contributed by atoms with Crippen molar-refractivity contribution in [2.75, 3.05) is 0 Å². The van der Waals surface area contributed by atoms with Crippen LogP contribution in [0.25, 0.3) is 0 Å². The van der Waals surface area contributed by atoms with Crippen molar-refractivity contribution in [2.45, 2.75) is 32.9 Å². The van der Waals surface area contributed by atoms with E-state index in [1.807, 2.05) is 19.9 Å². The number of hydrogen-bond acceptors (Lipinski definition) is 3. The summed E-state index contributed by atoms with van der Waals surface area (Å²) in [5.41, 5.74) is 0.450. The van der Waals surface area contributed by atoms with E-state index in [2.05, 4.69) is 27.9 Å². The molecule has 0 fully saturated rings. The van der Waals surface area contributed by atoms with Crippen LogP contribution < -0.4 is 5.32 Å². The monoisotopic (exact) mass is 361 g/mol. The van der Waals surface area contributed by atoms with Crippen molar-refractivity contribution in [1.82, 2.24) is 5.32 Å². The van der Waals surface area contributed by atoms with Gasteiger partial charge < -0.3 is 10.1 Å². The first-order chi connectivity index (χ1) is 8.40. The van der Waals surface area contributed by atoms with Crippen LogP contribution in [-0.4, -0.2) is 24.0 Å². The van der Waals surface area contributed by atoms with Crippen LogP contribution in [0.4, 0.5) is 0 Å². The highest BCUT2D eigenvalue weighted by atomic mass is 127. The third-order valence-corrected chi connectivity index (χ3v) is 2.82. The van der Waals surface area contributed by atoms with Gasteiger partial charge in [-0.1, -0.05) is 6.07 Å². The van der Waals surface area contributed by atoms with Crippen LogP contribution in [0.3, 0.4) is 0 Å². The van der Waals surface area contributed by atoms with Crippen LogP contribution in [0.1, 0.15) is 31.1 Å². The molecule has 0 aromatic heterocycles. The smallest absolute Gasteiger partial charge is 0.338 e. The molecule has 0 aliphatic heterocycles. The van der Waals surface area contributed by atoms with E-state index in [9.17, 15) is 9.59 Å². The number of carbonyl (C=O) groups excluding carboxylic acids is 2. The Labute approximate surface area is 120 Å². The van der Waals surface area contributed by atoms with Crippen LogP contribution >= 0.6 is 22.6 Å². The Morgan fingerprint density at radius 2 is 1.94 bits per heavy atom. The first kappa shape index (κ1) is 14.9. The number of ether oxygens (including phenoxy) is 1. The number of amides is 1. The molecule has 1 unspecified atom stereocenters. The second-order valence-electron chi connectivity index (χ2n) is 4.22. The molecule has 1 aromatic rings. The van der Waals surface area contributed by atoms with Gasteiger partial charge in [-0.25, -0.2) is 4.79 Å². The molecule has 1 amide bonds. The molecule has 1 N–H and O–H groups in total. The van der Waals surface area contributed by atoms with Gasteiger partial charge in [0.2, 0.25) is 0 Å². The molecule has 0 saturated carbocycles. The molecule has 0 spiro atoms. The van der Waals surface area contributed by atoms with Gasteiger partial charge in [0.25, 0.3) is 5.91 Å². The Bertz CT molecular complexity index is 446. The molecule has 1 atom stereocenters. The Kier molecular flexibility index (Phi) is 5.58. The largest absolute Gasteiger partial charge is 0.449 e. The van der Waals surface area contributed by atoms with E-state index < -0.39 is 12.1 Å². The number of rotatable bonds is 4. The highest BCUT2D eigenvalue weighted by molar-refractivity contribution is 14.1. The zero-order chi connectivity index (χ0) is 13.7. The molecule has 5 heteroatoms. The zero-order valence-electron chi connectivity index (χ0n) is 10.6. The fraction of sp³-hybridized carbons (Fsp3) is 0.385. The lowest BCUT2D eigenvalue weighted by Gasteiger charge is -2.15. The van der Waals surface area contributed by atoms with Crippen molar-refractivity contribution in [1.29, 1.82) is 0 Å². The molecule has 0 heterocycles. The summed E-state index contributed by atoms with van der Waals surface area (Å²) in [6.07, 6.45) is -0.794. The van der Waals surface area contributed by atoms with Crippen molar-refractivity contribution >= 4 is 34.5 Å². The Balaban J connectivity index is 2.62. The van der Waals surface area contributed by atoms with Gasteiger partial charge in [-0.3, -0.25) is 4.79 Å². The molecule has 0 bridgehead atoms. The lowest BCUT2D eigenvalue weighted by molar-refractivity contribution is -0.129. The third-order valence-electron chi connectivity index (χ3n) is 2.14. The van der Waals surface area contributed by atoms with E-state index in [0.717, 1.165) is 3.57 Å². The maximum absolute atomic E-state index is 11.8. The average molecular weight is 361 g/mol. The number of benzene rings is 1. The summed E-state index contributed by atoms with van der Waals surface area (Å²) in [5.74, 6) is -0.774. The van der Waals surface area contributed by atoms with Gasteiger partial charge in [0.05, 0.1) is 5.56 Å². The fourth-order valence-corrected chi connectivity index (χ4v) is 1.84.